The molecule has 7 nitrogen and oxygen atoms in total. The summed E-state index contributed by atoms with van der Waals surface area (Å²) in [5.41, 5.74) is 0. The van der Waals surface area contributed by atoms with Crippen LogP contribution in [0.15, 0.2) is 17.3 Å². The summed E-state index contributed by atoms with van der Waals surface area (Å²) in [6.07, 6.45) is 3.70. The summed E-state index contributed by atoms with van der Waals surface area (Å²) in [4.78, 5) is 2.47. The zero-order valence-electron chi connectivity index (χ0n) is 11.0. The highest BCUT2D eigenvalue weighted by molar-refractivity contribution is 7.89. The van der Waals surface area contributed by atoms with E-state index in [2.05, 4.69) is 19.8 Å². The van der Waals surface area contributed by atoms with E-state index >= 15 is 0 Å². The molecule has 0 radical (unpaired) electrons. The predicted octanol–water partition coefficient (Wildman–Crippen LogP) is -0.344. The van der Waals surface area contributed by atoms with Crippen LogP contribution in [0.25, 0.3) is 0 Å². The summed E-state index contributed by atoms with van der Waals surface area (Å²) in [5.74, 6) is 0.360. The maximum Gasteiger partial charge on any atom is 0.243 e. The summed E-state index contributed by atoms with van der Waals surface area (Å²) in [5, 5.41) is 6.15. The van der Waals surface area contributed by atoms with E-state index in [0.717, 1.165) is 26.1 Å². The fourth-order valence-electron chi connectivity index (χ4n) is 2.20. The first kappa shape index (κ1) is 14.4. The van der Waals surface area contributed by atoms with E-state index in [4.69, 9.17) is 4.74 Å². The van der Waals surface area contributed by atoms with Crippen LogP contribution in [0.1, 0.15) is 6.42 Å². The summed E-state index contributed by atoms with van der Waals surface area (Å²) in [7, 11) is -1.74. The van der Waals surface area contributed by atoms with Gasteiger partial charge in [0.15, 0.2) is 0 Å². The van der Waals surface area contributed by atoms with E-state index < -0.39 is 10.0 Å². The average molecular weight is 288 g/mol. The van der Waals surface area contributed by atoms with Gasteiger partial charge in [0.05, 0.1) is 12.8 Å². The molecule has 0 spiro atoms. The first-order valence-electron chi connectivity index (χ1n) is 6.31. The van der Waals surface area contributed by atoms with Crippen molar-refractivity contribution < 1.29 is 13.2 Å². The number of nitrogens with zero attached hydrogens (tertiary/aromatic N) is 2. The van der Waals surface area contributed by atoms with Gasteiger partial charge in [-0.15, -0.1) is 0 Å². The minimum absolute atomic E-state index is 0.182. The first-order valence-corrected chi connectivity index (χ1v) is 7.80. The molecule has 0 saturated carbocycles. The van der Waals surface area contributed by atoms with Crippen LogP contribution in [0.4, 0.5) is 0 Å². The lowest BCUT2D eigenvalue weighted by atomic mass is 10.1. The molecule has 108 valence electrons. The van der Waals surface area contributed by atoms with Gasteiger partial charge in [-0.05, 0) is 18.9 Å². The number of H-pyrrole nitrogens is 1. The maximum atomic E-state index is 11.9. The van der Waals surface area contributed by atoms with Gasteiger partial charge in [0, 0.05) is 32.9 Å². The number of likely N-dealkylation sites (tertiary alicyclic amines) is 1. The first-order chi connectivity index (χ1) is 9.12. The van der Waals surface area contributed by atoms with Gasteiger partial charge in [-0.2, -0.15) is 5.10 Å². The third-order valence-electron chi connectivity index (χ3n) is 3.33. The number of sulfonamides is 1. The number of hydrogen-bond donors (Lipinski definition) is 2. The quantitative estimate of drug-likeness (QED) is 0.716. The van der Waals surface area contributed by atoms with Crippen molar-refractivity contribution in [3.63, 3.8) is 0 Å². The minimum Gasteiger partial charge on any atom is -0.383 e. The monoisotopic (exact) mass is 288 g/mol. The largest absolute Gasteiger partial charge is 0.383 e. The van der Waals surface area contributed by atoms with E-state index in [-0.39, 0.29) is 4.90 Å². The number of rotatable bonds is 7. The topological polar surface area (TPSA) is 87.3 Å². The smallest absolute Gasteiger partial charge is 0.243 e. The van der Waals surface area contributed by atoms with Crippen molar-refractivity contribution in [2.45, 2.75) is 11.3 Å². The number of aromatic amines is 1. The molecule has 1 fully saturated rings. The summed E-state index contributed by atoms with van der Waals surface area (Å²) < 4.78 is 31.5. The second-order valence-electron chi connectivity index (χ2n) is 4.73. The highest BCUT2D eigenvalue weighted by Gasteiger charge is 2.24. The predicted molar refractivity (Wildman–Crippen MR) is 70.2 cm³/mol. The highest BCUT2D eigenvalue weighted by atomic mass is 32.2. The van der Waals surface area contributed by atoms with Gasteiger partial charge in [0.25, 0.3) is 0 Å². The van der Waals surface area contributed by atoms with Crippen molar-refractivity contribution in [1.29, 1.82) is 0 Å². The Kier molecular flexibility index (Phi) is 4.92. The summed E-state index contributed by atoms with van der Waals surface area (Å²) >= 11 is 0. The highest BCUT2D eigenvalue weighted by Crippen LogP contribution is 2.15. The Balaban J connectivity index is 1.78. The molecule has 1 unspecified atom stereocenters. The summed E-state index contributed by atoms with van der Waals surface area (Å²) in [6, 6.07) is 0. The Morgan fingerprint density at radius 2 is 2.47 bits per heavy atom. The molecule has 0 aromatic carbocycles. The van der Waals surface area contributed by atoms with Gasteiger partial charge in [0.1, 0.15) is 4.90 Å². The van der Waals surface area contributed by atoms with Crippen LogP contribution in [0.5, 0.6) is 0 Å². The van der Waals surface area contributed by atoms with Crippen LogP contribution in [-0.2, 0) is 14.8 Å². The molecule has 2 rings (SSSR count). The molecule has 0 bridgehead atoms. The molecule has 1 atom stereocenters. The zero-order valence-corrected chi connectivity index (χ0v) is 11.8. The second-order valence-corrected chi connectivity index (χ2v) is 6.50. The van der Waals surface area contributed by atoms with E-state index in [1.807, 2.05) is 0 Å². The molecule has 2 heterocycles. The van der Waals surface area contributed by atoms with Gasteiger partial charge in [-0.1, -0.05) is 0 Å². The van der Waals surface area contributed by atoms with Crippen LogP contribution >= 0.6 is 0 Å². The third kappa shape index (κ3) is 4.00. The summed E-state index contributed by atoms with van der Waals surface area (Å²) in [6.45, 7) is 4.00. The lowest BCUT2D eigenvalue weighted by Gasteiger charge is -2.15. The van der Waals surface area contributed by atoms with Crippen LogP contribution in [0.2, 0.25) is 0 Å². The lowest BCUT2D eigenvalue weighted by molar-refractivity contribution is 0.159. The van der Waals surface area contributed by atoms with Gasteiger partial charge < -0.3 is 9.64 Å². The standard InChI is InChI=1S/C11H20N4O3S/c1-18-5-4-15-3-2-10(9-15)6-14-19(16,17)11-7-12-13-8-11/h7-8,10,14H,2-6,9H2,1H3,(H,12,13). The third-order valence-corrected chi connectivity index (χ3v) is 4.72. The van der Waals surface area contributed by atoms with Crippen LogP contribution < -0.4 is 4.72 Å². The number of aromatic nitrogens is 2. The van der Waals surface area contributed by atoms with Crippen molar-refractivity contribution in [2.75, 3.05) is 39.9 Å². The molecule has 1 aliphatic rings. The lowest BCUT2D eigenvalue weighted by Crippen LogP contribution is -2.31. The Labute approximate surface area is 113 Å². The van der Waals surface area contributed by atoms with E-state index in [1.165, 1.54) is 12.4 Å². The average Bonchev–Trinajstić information content (AvgIpc) is 3.05. The van der Waals surface area contributed by atoms with Crippen LogP contribution in [0.3, 0.4) is 0 Å². The van der Waals surface area contributed by atoms with E-state index in [9.17, 15) is 8.42 Å². The molecule has 1 saturated heterocycles. The number of nitrogens with one attached hydrogen (secondary N) is 2. The SMILES string of the molecule is COCCN1CCC(CNS(=O)(=O)c2cn[nH]c2)C1. The van der Waals surface area contributed by atoms with Crippen molar-refractivity contribution in [3.05, 3.63) is 12.4 Å². The van der Waals surface area contributed by atoms with Gasteiger partial charge in [0.2, 0.25) is 10.0 Å². The van der Waals surface area contributed by atoms with Crippen molar-refractivity contribution >= 4 is 10.0 Å². The maximum absolute atomic E-state index is 11.9. The second kappa shape index (κ2) is 6.47. The van der Waals surface area contributed by atoms with Crippen LogP contribution in [0, 0.1) is 5.92 Å². The van der Waals surface area contributed by atoms with Crippen molar-refractivity contribution in [3.8, 4) is 0 Å². The number of hydrogen-bond acceptors (Lipinski definition) is 5. The Morgan fingerprint density at radius 1 is 1.63 bits per heavy atom. The van der Waals surface area contributed by atoms with Crippen molar-refractivity contribution in [2.24, 2.45) is 5.92 Å². The fraction of sp³-hybridized carbons (Fsp3) is 0.727. The van der Waals surface area contributed by atoms with Gasteiger partial charge >= 0.3 is 0 Å². The number of ether oxygens (including phenoxy) is 1. The Hall–Kier alpha value is -0.960. The fourth-order valence-corrected chi connectivity index (χ4v) is 3.22. The Morgan fingerprint density at radius 3 is 3.16 bits per heavy atom. The number of methoxy groups -OCH3 is 1. The molecule has 2 N–H and O–H groups in total. The normalized spacial score (nSPS) is 21.0. The van der Waals surface area contributed by atoms with Crippen LogP contribution in [-0.4, -0.2) is 63.4 Å². The molecular weight excluding hydrogens is 268 g/mol. The molecule has 19 heavy (non-hydrogen) atoms. The molecule has 0 aliphatic carbocycles. The van der Waals surface area contributed by atoms with Gasteiger partial charge in [-0.25, -0.2) is 13.1 Å². The molecule has 0 amide bonds. The molecule has 8 heteroatoms. The Bertz CT molecular complexity index is 474. The molecule has 1 aromatic rings. The molecular formula is C11H20N4O3S. The van der Waals surface area contributed by atoms with Crippen molar-refractivity contribution in [1.82, 2.24) is 19.8 Å². The molecule has 1 aromatic heterocycles. The minimum atomic E-state index is -3.43. The zero-order chi connectivity index (χ0) is 13.7. The molecule has 1 aliphatic heterocycles. The van der Waals surface area contributed by atoms with Gasteiger partial charge in [-0.3, -0.25) is 5.10 Å². The van der Waals surface area contributed by atoms with E-state index in [0.29, 0.717) is 19.1 Å². The van der Waals surface area contributed by atoms with E-state index in [1.54, 1.807) is 7.11 Å².